The van der Waals surface area contributed by atoms with Crippen LogP contribution in [0.4, 0.5) is 0 Å². The molecule has 0 heterocycles. The van der Waals surface area contributed by atoms with Crippen molar-refractivity contribution in [2.75, 3.05) is 0 Å². The molecular formula is C13H28OSi. The Bertz CT molecular complexity index is 199. The van der Waals surface area contributed by atoms with Crippen LogP contribution < -0.4 is 0 Å². The normalized spacial score (nSPS) is 22.0. The van der Waals surface area contributed by atoms with Gasteiger partial charge in [-0.1, -0.05) is 46.7 Å². The predicted molar refractivity (Wildman–Crippen MR) is 70.0 cm³/mol. The number of hydrogen-bond donors (Lipinski definition) is 1. The largest absolute Gasteiger partial charge is 0.393 e. The van der Waals surface area contributed by atoms with Crippen molar-refractivity contribution in [3.63, 3.8) is 0 Å². The average molecular weight is 228 g/mol. The van der Waals surface area contributed by atoms with E-state index < -0.39 is 8.07 Å². The second kappa shape index (κ2) is 4.58. The molecule has 0 aromatic rings. The summed E-state index contributed by atoms with van der Waals surface area (Å²) in [6.07, 6.45) is 5.16. The van der Waals surface area contributed by atoms with Gasteiger partial charge in [-0.05, 0) is 29.8 Å². The van der Waals surface area contributed by atoms with Gasteiger partial charge in [0, 0.05) is 0 Å². The van der Waals surface area contributed by atoms with Crippen molar-refractivity contribution >= 4 is 8.07 Å². The van der Waals surface area contributed by atoms with Crippen LogP contribution in [0.2, 0.25) is 24.2 Å². The summed E-state index contributed by atoms with van der Waals surface area (Å²) in [6.45, 7) is 11.8. The molecule has 1 saturated carbocycles. The molecule has 2 heteroatoms. The molecule has 90 valence electrons. The molecule has 1 aliphatic carbocycles. The Morgan fingerprint density at radius 3 is 2.07 bits per heavy atom. The first-order valence-electron chi connectivity index (χ1n) is 6.42. The van der Waals surface area contributed by atoms with E-state index in [1.165, 1.54) is 25.7 Å². The third-order valence-electron chi connectivity index (χ3n) is 4.69. The highest BCUT2D eigenvalue weighted by molar-refractivity contribution is 6.80. The Balaban J connectivity index is 2.52. The first-order valence-corrected chi connectivity index (χ1v) is 9.63. The molecule has 0 spiro atoms. The molecule has 1 atom stereocenters. The van der Waals surface area contributed by atoms with Crippen molar-refractivity contribution in [1.29, 1.82) is 0 Å². The van der Waals surface area contributed by atoms with Crippen LogP contribution in [-0.2, 0) is 0 Å². The quantitative estimate of drug-likeness (QED) is 0.723. The van der Waals surface area contributed by atoms with Crippen LogP contribution in [0.1, 0.15) is 46.5 Å². The lowest BCUT2D eigenvalue weighted by Crippen LogP contribution is -2.41. The van der Waals surface area contributed by atoms with E-state index >= 15 is 0 Å². The molecule has 1 fully saturated rings. The molecule has 1 N–H and O–H groups in total. The van der Waals surface area contributed by atoms with Crippen LogP contribution in [0, 0.1) is 5.92 Å². The van der Waals surface area contributed by atoms with E-state index in [0.29, 0.717) is 11.0 Å². The van der Waals surface area contributed by atoms with E-state index in [1.54, 1.807) is 0 Å². The standard InChI is InChI=1S/C13H28OSi/c1-13(2,3)15(4,5)10-12(14)11-8-6-7-9-11/h11-12,14H,6-10H2,1-5H3/t12-/m1/s1. The summed E-state index contributed by atoms with van der Waals surface area (Å²) < 4.78 is 0. The zero-order valence-electron chi connectivity index (χ0n) is 11.1. The van der Waals surface area contributed by atoms with Gasteiger partial charge in [0.25, 0.3) is 0 Å². The monoisotopic (exact) mass is 228 g/mol. The maximum atomic E-state index is 10.3. The number of aliphatic hydroxyl groups is 1. The van der Waals surface area contributed by atoms with Gasteiger partial charge in [-0.25, -0.2) is 0 Å². The molecule has 0 unspecified atom stereocenters. The summed E-state index contributed by atoms with van der Waals surface area (Å²) in [5, 5.41) is 10.7. The molecule has 0 saturated heterocycles. The van der Waals surface area contributed by atoms with Crippen molar-refractivity contribution in [3.05, 3.63) is 0 Å². The first-order chi connectivity index (χ1) is 6.74. The maximum Gasteiger partial charge on any atom is 0.0553 e. The van der Waals surface area contributed by atoms with Crippen molar-refractivity contribution in [2.45, 2.75) is 76.7 Å². The fraction of sp³-hybridized carbons (Fsp3) is 1.00. The summed E-state index contributed by atoms with van der Waals surface area (Å²) in [6, 6.07) is 1.08. The van der Waals surface area contributed by atoms with Gasteiger partial charge in [0.05, 0.1) is 14.2 Å². The molecule has 0 bridgehead atoms. The number of hydrogen-bond acceptors (Lipinski definition) is 1. The minimum atomic E-state index is -1.29. The molecule has 1 nitrogen and oxygen atoms in total. The van der Waals surface area contributed by atoms with Crippen LogP contribution in [0.15, 0.2) is 0 Å². The SMILES string of the molecule is CC(C)(C)[Si](C)(C)C[C@@H](O)C1CCCC1. The lowest BCUT2D eigenvalue weighted by Gasteiger charge is -2.39. The Hall–Kier alpha value is 0.177. The highest BCUT2D eigenvalue weighted by Gasteiger charge is 2.38. The van der Waals surface area contributed by atoms with Gasteiger partial charge in [-0.2, -0.15) is 0 Å². The van der Waals surface area contributed by atoms with Gasteiger partial charge in [0.1, 0.15) is 0 Å². The van der Waals surface area contributed by atoms with Crippen LogP contribution in [0.25, 0.3) is 0 Å². The molecule has 15 heavy (non-hydrogen) atoms. The number of aliphatic hydroxyl groups excluding tert-OH is 1. The smallest absolute Gasteiger partial charge is 0.0553 e. The van der Waals surface area contributed by atoms with Gasteiger partial charge >= 0.3 is 0 Å². The third kappa shape index (κ3) is 3.32. The second-order valence-corrected chi connectivity index (χ2v) is 12.6. The zero-order chi connectivity index (χ0) is 11.7. The summed E-state index contributed by atoms with van der Waals surface area (Å²) in [5.41, 5.74) is 0. The van der Waals surface area contributed by atoms with Crippen LogP contribution >= 0.6 is 0 Å². The highest BCUT2D eigenvalue weighted by atomic mass is 28.3. The van der Waals surface area contributed by atoms with E-state index in [-0.39, 0.29) is 6.10 Å². The average Bonchev–Trinajstić information content (AvgIpc) is 2.51. The molecule has 0 aromatic heterocycles. The summed E-state index contributed by atoms with van der Waals surface area (Å²) in [4.78, 5) is 0. The van der Waals surface area contributed by atoms with E-state index in [1.807, 2.05) is 0 Å². The minimum absolute atomic E-state index is 0.0200. The molecule has 0 aromatic carbocycles. The van der Waals surface area contributed by atoms with Gasteiger partial charge in [-0.3, -0.25) is 0 Å². The van der Waals surface area contributed by atoms with Gasteiger partial charge < -0.3 is 5.11 Å². The summed E-state index contributed by atoms with van der Waals surface area (Å²) >= 11 is 0. The minimum Gasteiger partial charge on any atom is -0.393 e. The second-order valence-electron chi connectivity index (χ2n) is 6.95. The fourth-order valence-corrected chi connectivity index (χ4v) is 4.33. The molecule has 1 aliphatic rings. The Labute approximate surface area is 96.3 Å². The zero-order valence-corrected chi connectivity index (χ0v) is 12.1. The van der Waals surface area contributed by atoms with Crippen molar-refractivity contribution in [2.24, 2.45) is 5.92 Å². The van der Waals surface area contributed by atoms with Gasteiger partial charge in [-0.15, -0.1) is 0 Å². The van der Waals surface area contributed by atoms with E-state index in [4.69, 9.17) is 0 Å². The Morgan fingerprint density at radius 2 is 1.67 bits per heavy atom. The maximum absolute atomic E-state index is 10.3. The van der Waals surface area contributed by atoms with Crippen molar-refractivity contribution in [3.8, 4) is 0 Å². The molecule has 1 rings (SSSR count). The van der Waals surface area contributed by atoms with E-state index in [2.05, 4.69) is 33.9 Å². The molecule has 0 amide bonds. The molecule has 0 radical (unpaired) electrons. The van der Waals surface area contributed by atoms with Gasteiger partial charge in [0.2, 0.25) is 0 Å². The Kier molecular flexibility index (Phi) is 4.05. The predicted octanol–water partition coefficient (Wildman–Crippen LogP) is 4.05. The molecular weight excluding hydrogens is 200 g/mol. The highest BCUT2D eigenvalue weighted by Crippen LogP contribution is 2.41. The fourth-order valence-electron chi connectivity index (χ4n) is 2.34. The van der Waals surface area contributed by atoms with Crippen molar-refractivity contribution < 1.29 is 5.11 Å². The van der Waals surface area contributed by atoms with E-state index in [9.17, 15) is 5.11 Å². The number of rotatable bonds is 3. The lowest BCUT2D eigenvalue weighted by molar-refractivity contribution is 0.126. The van der Waals surface area contributed by atoms with Crippen LogP contribution in [-0.4, -0.2) is 19.3 Å². The first kappa shape index (κ1) is 13.2. The third-order valence-corrected chi connectivity index (χ3v) is 10.2. The van der Waals surface area contributed by atoms with Crippen LogP contribution in [0.3, 0.4) is 0 Å². The topological polar surface area (TPSA) is 20.2 Å². The summed E-state index contributed by atoms with van der Waals surface area (Å²) in [5.74, 6) is 0.610. The lowest BCUT2D eigenvalue weighted by atomic mass is 10.0. The van der Waals surface area contributed by atoms with Crippen LogP contribution in [0.5, 0.6) is 0 Å². The van der Waals surface area contributed by atoms with E-state index in [0.717, 1.165) is 6.04 Å². The Morgan fingerprint density at radius 1 is 1.20 bits per heavy atom. The van der Waals surface area contributed by atoms with Crippen molar-refractivity contribution in [1.82, 2.24) is 0 Å². The summed E-state index contributed by atoms with van der Waals surface area (Å²) in [7, 11) is -1.29. The van der Waals surface area contributed by atoms with Gasteiger partial charge in [0.15, 0.2) is 0 Å². The molecule has 0 aliphatic heterocycles.